The zero-order valence-corrected chi connectivity index (χ0v) is 9.68. The maximum absolute atomic E-state index is 11.7. The predicted molar refractivity (Wildman–Crippen MR) is 51.4 cm³/mol. The van der Waals surface area contributed by atoms with Crippen molar-refractivity contribution in [1.29, 1.82) is 0 Å². The summed E-state index contributed by atoms with van der Waals surface area (Å²) >= 11 is 0. The summed E-state index contributed by atoms with van der Waals surface area (Å²) in [5.74, 6) is 0. The van der Waals surface area contributed by atoms with Gasteiger partial charge in [-0.25, -0.2) is 4.89 Å². The Hall–Kier alpha value is -0.150. The molecular weight excluding hydrogens is 191 g/mol. The Bertz CT molecular complexity index is 229. The third-order valence-corrected chi connectivity index (χ3v) is 2.78. The van der Waals surface area contributed by atoms with Gasteiger partial charge < -0.3 is 4.52 Å². The van der Waals surface area contributed by atoms with E-state index in [1.54, 1.807) is 27.7 Å². The highest BCUT2D eigenvalue weighted by Gasteiger charge is 2.28. The van der Waals surface area contributed by atoms with E-state index in [1.165, 1.54) is 7.11 Å². The quantitative estimate of drug-likeness (QED) is 0.404. The van der Waals surface area contributed by atoms with Crippen molar-refractivity contribution < 1.29 is 18.7 Å². The van der Waals surface area contributed by atoms with Crippen LogP contribution in [0.2, 0.25) is 0 Å². The summed E-state index contributed by atoms with van der Waals surface area (Å²) in [5.41, 5.74) is -0.524. The summed E-state index contributed by atoms with van der Waals surface area (Å²) in [6, 6.07) is 0. The summed E-state index contributed by atoms with van der Waals surface area (Å²) in [6.45, 7) is 10.4. The van der Waals surface area contributed by atoms with E-state index < -0.39 is 13.2 Å². The predicted octanol–water partition coefficient (Wildman–Crippen LogP) is 3.11. The molecule has 1 unspecified atom stereocenters. The molecule has 0 saturated heterocycles. The Morgan fingerprint density at radius 3 is 2.08 bits per heavy atom. The lowest BCUT2D eigenvalue weighted by atomic mass is 10.2. The van der Waals surface area contributed by atoms with Gasteiger partial charge in [-0.1, -0.05) is 6.58 Å². The first-order valence-corrected chi connectivity index (χ1v) is 5.45. The van der Waals surface area contributed by atoms with Gasteiger partial charge >= 0.3 is 7.60 Å². The number of rotatable bonds is 4. The summed E-state index contributed by atoms with van der Waals surface area (Å²) in [6.07, 6.45) is 0. The lowest BCUT2D eigenvalue weighted by Gasteiger charge is -2.21. The Balaban J connectivity index is 4.32. The minimum Gasteiger partial charge on any atom is -0.307 e. The molecule has 0 aromatic heterocycles. The van der Waals surface area contributed by atoms with Crippen molar-refractivity contribution in [3.63, 3.8) is 0 Å². The average molecular weight is 208 g/mol. The molecule has 0 aliphatic carbocycles. The second kappa shape index (κ2) is 4.38. The van der Waals surface area contributed by atoms with Gasteiger partial charge in [-0.05, 0) is 27.7 Å². The number of allylic oxidation sites excluding steroid dienone is 1. The normalized spacial score (nSPS) is 16.7. The van der Waals surface area contributed by atoms with Crippen LogP contribution in [0.3, 0.4) is 0 Å². The molecular formula is C8H17O4P. The fourth-order valence-electron chi connectivity index (χ4n) is 0.411. The topological polar surface area (TPSA) is 44.8 Å². The third-order valence-electron chi connectivity index (χ3n) is 1.09. The van der Waals surface area contributed by atoms with Crippen molar-refractivity contribution in [1.82, 2.24) is 0 Å². The molecule has 0 aromatic carbocycles. The van der Waals surface area contributed by atoms with Crippen LogP contribution >= 0.6 is 7.60 Å². The Morgan fingerprint density at radius 1 is 1.38 bits per heavy atom. The number of hydrogen-bond acceptors (Lipinski definition) is 4. The van der Waals surface area contributed by atoms with Gasteiger partial charge in [0.2, 0.25) is 0 Å². The fraction of sp³-hybridized carbons (Fsp3) is 0.750. The van der Waals surface area contributed by atoms with Crippen LogP contribution in [0.15, 0.2) is 11.9 Å². The zero-order chi connectivity index (χ0) is 10.7. The molecule has 0 radical (unpaired) electrons. The molecule has 1 atom stereocenters. The molecule has 0 rings (SSSR count). The van der Waals surface area contributed by atoms with Gasteiger partial charge in [-0.3, -0.25) is 4.57 Å². The summed E-state index contributed by atoms with van der Waals surface area (Å²) in [5, 5.41) is 0.319. The molecule has 0 amide bonds. The molecule has 78 valence electrons. The van der Waals surface area contributed by atoms with E-state index >= 15 is 0 Å². The van der Waals surface area contributed by atoms with Gasteiger partial charge in [0.15, 0.2) is 0 Å². The van der Waals surface area contributed by atoms with Crippen LogP contribution in [-0.2, 0) is 18.7 Å². The molecule has 0 spiro atoms. The van der Waals surface area contributed by atoms with Gasteiger partial charge in [0, 0.05) is 12.4 Å². The lowest BCUT2D eigenvalue weighted by molar-refractivity contribution is -0.279. The Labute approximate surface area is 79.3 Å². The molecule has 0 aromatic rings. The van der Waals surface area contributed by atoms with Crippen LogP contribution in [-0.4, -0.2) is 12.7 Å². The summed E-state index contributed by atoms with van der Waals surface area (Å²) in [7, 11) is -1.99. The third kappa shape index (κ3) is 4.58. The van der Waals surface area contributed by atoms with E-state index in [0.717, 1.165) is 0 Å². The molecule has 0 N–H and O–H groups in total. The smallest absolute Gasteiger partial charge is 0.307 e. The van der Waals surface area contributed by atoms with Crippen molar-refractivity contribution in [2.45, 2.75) is 33.3 Å². The van der Waals surface area contributed by atoms with Crippen LogP contribution in [0.25, 0.3) is 0 Å². The lowest BCUT2D eigenvalue weighted by Crippen LogP contribution is -2.18. The molecule has 5 heteroatoms. The highest BCUT2D eigenvalue weighted by atomic mass is 31.2. The van der Waals surface area contributed by atoms with E-state index in [2.05, 4.69) is 6.58 Å². The van der Waals surface area contributed by atoms with Gasteiger partial charge in [0.25, 0.3) is 0 Å². The molecule has 0 bridgehead atoms. The van der Waals surface area contributed by atoms with E-state index in [-0.39, 0.29) is 0 Å². The largest absolute Gasteiger partial charge is 0.383 e. The van der Waals surface area contributed by atoms with Gasteiger partial charge in [-0.2, -0.15) is 0 Å². The van der Waals surface area contributed by atoms with Crippen molar-refractivity contribution in [3.8, 4) is 0 Å². The summed E-state index contributed by atoms with van der Waals surface area (Å²) < 4.78 is 21.1. The van der Waals surface area contributed by atoms with Crippen LogP contribution in [0.5, 0.6) is 0 Å². The van der Waals surface area contributed by atoms with Crippen molar-refractivity contribution >= 4 is 7.60 Å². The SMILES string of the molecule is C=C(C)P(=O)(OC)OOC(C)(C)C. The van der Waals surface area contributed by atoms with E-state index in [1.807, 2.05) is 0 Å². The molecule has 0 fully saturated rings. The first kappa shape index (κ1) is 12.8. The fourth-order valence-corrected chi connectivity index (χ4v) is 1.23. The standard InChI is InChI=1S/C8H17O4P/c1-7(2)13(9,10-6)12-11-8(3,4)5/h1H2,2-6H3. The number of hydrogen-bond donors (Lipinski definition) is 0. The summed E-state index contributed by atoms with van der Waals surface area (Å²) in [4.78, 5) is 4.90. The van der Waals surface area contributed by atoms with E-state index in [9.17, 15) is 4.57 Å². The highest BCUT2D eigenvalue weighted by molar-refractivity contribution is 7.58. The van der Waals surface area contributed by atoms with Crippen LogP contribution in [0.4, 0.5) is 0 Å². The minimum absolute atomic E-state index is 0.319. The Kier molecular flexibility index (Phi) is 4.33. The maximum Gasteiger partial charge on any atom is 0.383 e. The van der Waals surface area contributed by atoms with Gasteiger partial charge in [-0.15, -0.1) is 4.67 Å². The zero-order valence-electron chi connectivity index (χ0n) is 8.79. The molecule has 0 saturated carbocycles. The Morgan fingerprint density at radius 2 is 1.85 bits per heavy atom. The van der Waals surface area contributed by atoms with E-state index in [0.29, 0.717) is 5.31 Å². The average Bonchev–Trinajstić information content (AvgIpc) is 1.98. The second-order valence-corrected chi connectivity index (χ2v) is 5.96. The first-order chi connectivity index (χ1) is 5.71. The molecule has 0 aliphatic rings. The maximum atomic E-state index is 11.7. The molecule has 13 heavy (non-hydrogen) atoms. The molecule has 0 aliphatic heterocycles. The second-order valence-electron chi connectivity index (χ2n) is 3.69. The van der Waals surface area contributed by atoms with Crippen molar-refractivity contribution in [2.75, 3.05) is 7.11 Å². The van der Waals surface area contributed by atoms with Crippen LogP contribution in [0, 0.1) is 0 Å². The van der Waals surface area contributed by atoms with Gasteiger partial charge in [0.05, 0.1) is 5.60 Å². The van der Waals surface area contributed by atoms with Crippen LogP contribution in [0.1, 0.15) is 27.7 Å². The van der Waals surface area contributed by atoms with E-state index in [4.69, 9.17) is 14.1 Å². The van der Waals surface area contributed by atoms with Gasteiger partial charge in [0.1, 0.15) is 0 Å². The first-order valence-electron chi connectivity index (χ1n) is 3.90. The monoisotopic (exact) mass is 208 g/mol. The van der Waals surface area contributed by atoms with Crippen molar-refractivity contribution in [3.05, 3.63) is 11.9 Å². The highest BCUT2D eigenvalue weighted by Crippen LogP contribution is 2.55. The van der Waals surface area contributed by atoms with Crippen LogP contribution < -0.4 is 0 Å². The minimum atomic E-state index is -3.29. The molecule has 4 nitrogen and oxygen atoms in total. The van der Waals surface area contributed by atoms with Crippen molar-refractivity contribution in [2.24, 2.45) is 0 Å². The molecule has 0 heterocycles.